The van der Waals surface area contributed by atoms with E-state index in [1.807, 2.05) is 6.20 Å². The highest BCUT2D eigenvalue weighted by molar-refractivity contribution is 5.79. The van der Waals surface area contributed by atoms with E-state index in [0.29, 0.717) is 0 Å². The SMILES string of the molecule is CC1CCN(c2ncc3c(n2)CCC(C(=O)NCCC2=CCCCC2)C3)CC1. The van der Waals surface area contributed by atoms with Gasteiger partial charge in [0.1, 0.15) is 0 Å². The lowest BCUT2D eigenvalue weighted by Gasteiger charge is -2.31. The van der Waals surface area contributed by atoms with Gasteiger partial charge in [0.25, 0.3) is 0 Å². The standard InChI is InChI=1S/C23H34N4O/c1-17-10-13-27(14-11-17)23-25-16-20-15-19(7-8-21(20)26-23)22(28)24-12-9-18-5-3-2-4-6-18/h5,16-17,19H,2-4,6-15H2,1H3,(H,24,28). The zero-order valence-corrected chi connectivity index (χ0v) is 17.3. The highest BCUT2D eigenvalue weighted by Crippen LogP contribution is 2.27. The molecule has 5 nitrogen and oxygen atoms in total. The normalized spacial score (nSPS) is 23.1. The quantitative estimate of drug-likeness (QED) is 0.787. The molecule has 1 aliphatic heterocycles. The Balaban J connectivity index is 1.29. The Labute approximate surface area is 169 Å². The van der Waals surface area contributed by atoms with Gasteiger partial charge < -0.3 is 10.2 Å². The fraction of sp³-hybridized carbons (Fsp3) is 0.696. The third kappa shape index (κ3) is 4.73. The van der Waals surface area contributed by atoms with Crippen LogP contribution in [0.4, 0.5) is 5.95 Å². The van der Waals surface area contributed by atoms with Gasteiger partial charge in [0.2, 0.25) is 11.9 Å². The largest absolute Gasteiger partial charge is 0.356 e. The van der Waals surface area contributed by atoms with Crippen LogP contribution >= 0.6 is 0 Å². The molecule has 0 bridgehead atoms. The summed E-state index contributed by atoms with van der Waals surface area (Å²) in [6, 6.07) is 0. The number of amides is 1. The van der Waals surface area contributed by atoms with Crippen LogP contribution in [0.5, 0.6) is 0 Å². The van der Waals surface area contributed by atoms with Gasteiger partial charge in [-0.2, -0.15) is 0 Å². The number of anilines is 1. The molecular formula is C23H34N4O. The molecule has 1 unspecified atom stereocenters. The van der Waals surface area contributed by atoms with Crippen LogP contribution in [0.3, 0.4) is 0 Å². The van der Waals surface area contributed by atoms with Crippen LogP contribution in [-0.2, 0) is 17.6 Å². The summed E-state index contributed by atoms with van der Waals surface area (Å²) in [7, 11) is 0. The Bertz CT molecular complexity index is 721. The third-order valence-corrected chi connectivity index (χ3v) is 6.71. The maximum atomic E-state index is 12.6. The van der Waals surface area contributed by atoms with Crippen LogP contribution in [0, 0.1) is 11.8 Å². The molecule has 0 saturated carbocycles. The molecule has 28 heavy (non-hydrogen) atoms. The van der Waals surface area contributed by atoms with E-state index in [1.54, 1.807) is 0 Å². The van der Waals surface area contributed by atoms with Gasteiger partial charge in [0.15, 0.2) is 0 Å². The highest BCUT2D eigenvalue weighted by atomic mass is 16.1. The number of fused-ring (bicyclic) bond motifs is 1. The molecule has 0 spiro atoms. The number of aromatic nitrogens is 2. The molecule has 1 saturated heterocycles. The Morgan fingerprint density at radius 3 is 2.86 bits per heavy atom. The van der Waals surface area contributed by atoms with Crippen molar-refractivity contribution in [3.05, 3.63) is 29.1 Å². The molecule has 1 atom stereocenters. The van der Waals surface area contributed by atoms with Gasteiger partial charge in [-0.05, 0) is 75.7 Å². The lowest BCUT2D eigenvalue weighted by atomic mass is 9.86. The van der Waals surface area contributed by atoms with Crippen molar-refractivity contribution in [2.75, 3.05) is 24.5 Å². The molecule has 1 fully saturated rings. The Morgan fingerprint density at radius 2 is 2.07 bits per heavy atom. The molecule has 3 aliphatic rings. The second-order valence-corrected chi connectivity index (χ2v) is 8.90. The van der Waals surface area contributed by atoms with E-state index in [4.69, 9.17) is 4.98 Å². The number of carbonyl (C=O) groups is 1. The van der Waals surface area contributed by atoms with Crippen LogP contribution < -0.4 is 10.2 Å². The number of nitrogens with one attached hydrogen (secondary N) is 1. The lowest BCUT2D eigenvalue weighted by molar-refractivity contribution is -0.125. The zero-order chi connectivity index (χ0) is 19.3. The van der Waals surface area contributed by atoms with Crippen LogP contribution in [0.2, 0.25) is 0 Å². The minimum Gasteiger partial charge on any atom is -0.356 e. The molecule has 1 aromatic rings. The molecule has 5 heteroatoms. The van der Waals surface area contributed by atoms with Gasteiger partial charge >= 0.3 is 0 Å². The van der Waals surface area contributed by atoms with Crippen molar-refractivity contribution in [3.8, 4) is 0 Å². The molecule has 2 aliphatic carbocycles. The van der Waals surface area contributed by atoms with Crippen molar-refractivity contribution in [2.45, 2.75) is 71.1 Å². The number of piperidine rings is 1. The summed E-state index contributed by atoms with van der Waals surface area (Å²) in [5.41, 5.74) is 3.84. The van der Waals surface area contributed by atoms with Crippen LogP contribution in [0.15, 0.2) is 17.8 Å². The molecule has 1 amide bonds. The average Bonchev–Trinajstić information content (AvgIpc) is 2.74. The van der Waals surface area contributed by atoms with Gasteiger partial charge in [-0.15, -0.1) is 0 Å². The Hall–Kier alpha value is -1.91. The second-order valence-electron chi connectivity index (χ2n) is 8.90. The monoisotopic (exact) mass is 382 g/mol. The van der Waals surface area contributed by atoms with Crippen molar-refractivity contribution in [3.63, 3.8) is 0 Å². The van der Waals surface area contributed by atoms with E-state index in [1.165, 1.54) is 44.1 Å². The number of aryl methyl sites for hydroxylation is 1. The van der Waals surface area contributed by atoms with Gasteiger partial charge in [-0.3, -0.25) is 4.79 Å². The maximum absolute atomic E-state index is 12.6. The topological polar surface area (TPSA) is 58.1 Å². The highest BCUT2D eigenvalue weighted by Gasteiger charge is 2.27. The first kappa shape index (κ1) is 19.4. The van der Waals surface area contributed by atoms with E-state index < -0.39 is 0 Å². The Morgan fingerprint density at radius 1 is 1.21 bits per heavy atom. The number of allylic oxidation sites excluding steroid dienone is 1. The van der Waals surface area contributed by atoms with E-state index in [9.17, 15) is 4.79 Å². The molecule has 0 aromatic carbocycles. The number of nitrogens with zero attached hydrogens (tertiary/aromatic N) is 3. The van der Waals surface area contributed by atoms with Crippen LogP contribution in [0.25, 0.3) is 0 Å². The van der Waals surface area contributed by atoms with Gasteiger partial charge in [0.05, 0.1) is 0 Å². The minimum atomic E-state index is 0.0677. The first-order chi connectivity index (χ1) is 13.7. The van der Waals surface area contributed by atoms with Gasteiger partial charge in [0, 0.05) is 37.4 Å². The van der Waals surface area contributed by atoms with Crippen LogP contribution in [0.1, 0.15) is 69.5 Å². The van der Waals surface area contributed by atoms with E-state index in [2.05, 4.69) is 28.2 Å². The van der Waals surface area contributed by atoms with Crippen molar-refractivity contribution >= 4 is 11.9 Å². The predicted octanol–water partition coefficient (Wildman–Crippen LogP) is 3.82. The van der Waals surface area contributed by atoms with Crippen molar-refractivity contribution in [2.24, 2.45) is 11.8 Å². The summed E-state index contributed by atoms with van der Waals surface area (Å²) in [6.45, 7) is 5.21. The predicted molar refractivity (Wildman–Crippen MR) is 112 cm³/mol. The molecule has 1 N–H and O–H groups in total. The number of hydrogen-bond donors (Lipinski definition) is 1. The smallest absolute Gasteiger partial charge is 0.225 e. The first-order valence-corrected chi connectivity index (χ1v) is 11.2. The summed E-state index contributed by atoms with van der Waals surface area (Å²) in [4.78, 5) is 24.4. The average molecular weight is 383 g/mol. The summed E-state index contributed by atoms with van der Waals surface area (Å²) in [6.07, 6.45) is 15.4. The summed E-state index contributed by atoms with van der Waals surface area (Å²) in [5, 5.41) is 3.17. The second kappa shape index (κ2) is 9.06. The first-order valence-electron chi connectivity index (χ1n) is 11.2. The number of hydrogen-bond acceptors (Lipinski definition) is 4. The van der Waals surface area contributed by atoms with E-state index in [-0.39, 0.29) is 11.8 Å². The van der Waals surface area contributed by atoms with Gasteiger partial charge in [-0.25, -0.2) is 9.97 Å². The van der Waals surface area contributed by atoms with Crippen molar-refractivity contribution in [1.29, 1.82) is 0 Å². The van der Waals surface area contributed by atoms with Crippen molar-refractivity contribution < 1.29 is 4.79 Å². The molecule has 4 rings (SSSR count). The molecule has 0 radical (unpaired) electrons. The maximum Gasteiger partial charge on any atom is 0.225 e. The Kier molecular flexibility index (Phi) is 6.28. The zero-order valence-electron chi connectivity index (χ0n) is 17.3. The summed E-state index contributed by atoms with van der Waals surface area (Å²) in [5.74, 6) is 1.96. The number of rotatable bonds is 5. The molecule has 152 valence electrons. The summed E-state index contributed by atoms with van der Waals surface area (Å²) >= 11 is 0. The minimum absolute atomic E-state index is 0.0677. The summed E-state index contributed by atoms with van der Waals surface area (Å²) < 4.78 is 0. The third-order valence-electron chi connectivity index (χ3n) is 6.71. The molecular weight excluding hydrogens is 348 g/mol. The molecule has 2 heterocycles. The number of carbonyl (C=O) groups excluding carboxylic acids is 1. The lowest BCUT2D eigenvalue weighted by Crippen LogP contribution is -2.36. The molecule has 1 aromatic heterocycles. The van der Waals surface area contributed by atoms with E-state index in [0.717, 1.165) is 68.4 Å². The van der Waals surface area contributed by atoms with Gasteiger partial charge in [-0.1, -0.05) is 18.6 Å². The van der Waals surface area contributed by atoms with Crippen molar-refractivity contribution in [1.82, 2.24) is 15.3 Å². The fourth-order valence-corrected chi connectivity index (χ4v) is 4.70. The van der Waals surface area contributed by atoms with E-state index >= 15 is 0 Å². The van der Waals surface area contributed by atoms with Crippen LogP contribution in [-0.4, -0.2) is 35.5 Å². The fourth-order valence-electron chi connectivity index (χ4n) is 4.70.